The predicted octanol–water partition coefficient (Wildman–Crippen LogP) is 0.959. The fourth-order valence-electron chi connectivity index (χ4n) is 1.87. The number of hydroxylamine groups is 2. The van der Waals surface area contributed by atoms with Crippen LogP contribution in [-0.4, -0.2) is 17.1 Å². The Morgan fingerprint density at radius 3 is 1.50 bits per heavy atom. The molecule has 45 valence electrons. The van der Waals surface area contributed by atoms with Crippen molar-refractivity contribution in [3.8, 4) is 0 Å². The average Bonchev–Trinajstić information content (AvgIpc) is 2.29. The van der Waals surface area contributed by atoms with E-state index in [2.05, 4.69) is 0 Å². The lowest BCUT2D eigenvalue weighted by atomic mass is 10.0. The second-order valence-electron chi connectivity index (χ2n) is 2.82. The van der Waals surface area contributed by atoms with Gasteiger partial charge in [0.15, 0.2) is 0 Å². The largest absolute Gasteiger partial charge is 0.149 e. The molecule has 8 heavy (non-hydrogen) atoms. The third-order valence-corrected chi connectivity index (χ3v) is 2.39. The average molecular weight is 112 g/mol. The van der Waals surface area contributed by atoms with Crippen molar-refractivity contribution in [1.29, 1.82) is 0 Å². The lowest BCUT2D eigenvalue weighted by Crippen LogP contribution is -2.21. The summed E-state index contributed by atoms with van der Waals surface area (Å²) in [4.78, 5) is 0. The molecular formula is C6H10NO. The first-order valence-electron chi connectivity index (χ1n) is 3.33. The molecule has 2 heterocycles. The quantitative estimate of drug-likeness (QED) is 0.457. The fourth-order valence-corrected chi connectivity index (χ4v) is 1.87. The molecule has 2 rings (SSSR count). The number of fused-ring (bicyclic) bond motifs is 2. The summed E-state index contributed by atoms with van der Waals surface area (Å²) >= 11 is 0. The van der Waals surface area contributed by atoms with Gasteiger partial charge in [-0.15, -0.1) is 10.3 Å². The van der Waals surface area contributed by atoms with Crippen LogP contribution >= 0.6 is 0 Å². The molecule has 0 N–H and O–H groups in total. The van der Waals surface area contributed by atoms with Crippen molar-refractivity contribution in [3.05, 3.63) is 0 Å². The van der Waals surface area contributed by atoms with Gasteiger partial charge in [-0.1, -0.05) is 0 Å². The van der Waals surface area contributed by atoms with Gasteiger partial charge in [0.25, 0.3) is 0 Å². The van der Waals surface area contributed by atoms with Crippen molar-refractivity contribution < 1.29 is 5.21 Å². The molecule has 0 amide bonds. The van der Waals surface area contributed by atoms with Crippen LogP contribution in [0.4, 0.5) is 0 Å². The van der Waals surface area contributed by atoms with Crippen molar-refractivity contribution in [2.45, 2.75) is 37.8 Å². The first-order chi connectivity index (χ1) is 3.88. The molecule has 2 aliphatic heterocycles. The van der Waals surface area contributed by atoms with Gasteiger partial charge < -0.3 is 0 Å². The monoisotopic (exact) mass is 112 g/mol. The van der Waals surface area contributed by atoms with E-state index < -0.39 is 0 Å². The minimum Gasteiger partial charge on any atom is -0.149 e. The van der Waals surface area contributed by atoms with Crippen molar-refractivity contribution in [3.63, 3.8) is 0 Å². The highest BCUT2D eigenvalue weighted by Gasteiger charge is 2.39. The summed E-state index contributed by atoms with van der Waals surface area (Å²) in [7, 11) is 0. The summed E-state index contributed by atoms with van der Waals surface area (Å²) in [6.07, 6.45) is 4.64. The van der Waals surface area contributed by atoms with Gasteiger partial charge in [0.2, 0.25) is 0 Å². The van der Waals surface area contributed by atoms with Crippen LogP contribution in [0.25, 0.3) is 0 Å². The molecule has 2 aliphatic rings. The molecule has 0 spiro atoms. The maximum atomic E-state index is 10.9. The van der Waals surface area contributed by atoms with E-state index in [1.54, 1.807) is 0 Å². The molecule has 2 bridgehead atoms. The van der Waals surface area contributed by atoms with Crippen LogP contribution in [0, 0.1) is 0 Å². The van der Waals surface area contributed by atoms with Gasteiger partial charge in [-0.05, 0) is 25.7 Å². The molecule has 2 fully saturated rings. The number of hydrogen-bond acceptors (Lipinski definition) is 1. The van der Waals surface area contributed by atoms with Gasteiger partial charge in [-0.25, -0.2) is 0 Å². The minimum atomic E-state index is 0.417. The zero-order valence-corrected chi connectivity index (χ0v) is 4.84. The van der Waals surface area contributed by atoms with E-state index in [1.807, 2.05) is 0 Å². The predicted molar refractivity (Wildman–Crippen MR) is 28.6 cm³/mol. The van der Waals surface area contributed by atoms with Crippen LogP contribution in [-0.2, 0) is 5.21 Å². The van der Waals surface area contributed by atoms with Crippen LogP contribution < -0.4 is 0 Å². The van der Waals surface area contributed by atoms with E-state index in [9.17, 15) is 5.21 Å². The standard InChI is InChI=1S/C6H10NO/c8-7-5-1-2-6(7)4-3-5/h5-6H,1-4H2. The Kier molecular flexibility index (Phi) is 0.866. The van der Waals surface area contributed by atoms with Gasteiger partial charge in [-0.3, -0.25) is 0 Å². The topological polar surface area (TPSA) is 23.1 Å². The summed E-state index contributed by atoms with van der Waals surface area (Å²) in [5, 5.41) is 12.2. The summed E-state index contributed by atoms with van der Waals surface area (Å²) in [6.45, 7) is 0. The molecule has 0 aliphatic carbocycles. The first kappa shape index (κ1) is 4.77. The maximum Gasteiger partial charge on any atom is 0.0387 e. The van der Waals surface area contributed by atoms with Crippen molar-refractivity contribution in [1.82, 2.24) is 5.06 Å². The number of nitrogens with zero attached hydrogens (tertiary/aromatic N) is 1. The molecular weight excluding hydrogens is 102 g/mol. The van der Waals surface area contributed by atoms with E-state index in [-0.39, 0.29) is 0 Å². The Morgan fingerprint density at radius 1 is 1.00 bits per heavy atom. The van der Waals surface area contributed by atoms with E-state index in [0.29, 0.717) is 12.1 Å². The SMILES string of the molecule is [O]N1C2CCC1CC2. The maximum absolute atomic E-state index is 10.9. The molecule has 0 aromatic heterocycles. The summed E-state index contributed by atoms with van der Waals surface area (Å²) < 4.78 is 0. The van der Waals surface area contributed by atoms with Crippen LogP contribution in [0.15, 0.2) is 0 Å². The zero-order valence-electron chi connectivity index (χ0n) is 4.84. The third kappa shape index (κ3) is 0.446. The Labute approximate surface area is 49.1 Å². The Bertz CT molecular complexity index is 84.7. The second-order valence-corrected chi connectivity index (χ2v) is 2.82. The Balaban J connectivity index is 2.16. The van der Waals surface area contributed by atoms with Gasteiger partial charge in [0.05, 0.1) is 0 Å². The smallest absolute Gasteiger partial charge is 0.0387 e. The Hall–Kier alpha value is -0.0800. The molecule has 0 saturated carbocycles. The highest BCUT2D eigenvalue weighted by atomic mass is 16.5. The van der Waals surface area contributed by atoms with Crippen molar-refractivity contribution in [2.75, 3.05) is 0 Å². The second kappa shape index (κ2) is 1.45. The highest BCUT2D eigenvalue weighted by Crippen LogP contribution is 2.35. The molecule has 0 atom stereocenters. The number of rotatable bonds is 0. The molecule has 2 heteroatoms. The number of hydrogen-bond donors (Lipinski definition) is 0. The summed E-state index contributed by atoms with van der Waals surface area (Å²) in [5.74, 6) is 0. The van der Waals surface area contributed by atoms with E-state index in [4.69, 9.17) is 0 Å². The molecule has 0 aromatic rings. The normalized spacial score (nSPS) is 46.1. The van der Waals surface area contributed by atoms with Crippen LogP contribution in [0.5, 0.6) is 0 Å². The van der Waals surface area contributed by atoms with Gasteiger partial charge in [0, 0.05) is 12.1 Å². The van der Waals surface area contributed by atoms with Crippen molar-refractivity contribution >= 4 is 0 Å². The fraction of sp³-hybridized carbons (Fsp3) is 1.00. The molecule has 2 nitrogen and oxygen atoms in total. The molecule has 0 unspecified atom stereocenters. The van der Waals surface area contributed by atoms with Gasteiger partial charge in [-0.2, -0.15) is 0 Å². The van der Waals surface area contributed by atoms with E-state index in [1.165, 1.54) is 5.06 Å². The van der Waals surface area contributed by atoms with Crippen LogP contribution in [0.1, 0.15) is 25.7 Å². The minimum absolute atomic E-state index is 0.417. The molecule has 0 aromatic carbocycles. The lowest BCUT2D eigenvalue weighted by Gasteiger charge is -2.06. The van der Waals surface area contributed by atoms with E-state index in [0.717, 1.165) is 25.7 Å². The third-order valence-electron chi connectivity index (χ3n) is 2.39. The zero-order chi connectivity index (χ0) is 5.56. The van der Waals surface area contributed by atoms with Crippen LogP contribution in [0.3, 0.4) is 0 Å². The Morgan fingerprint density at radius 2 is 1.38 bits per heavy atom. The first-order valence-corrected chi connectivity index (χ1v) is 3.33. The van der Waals surface area contributed by atoms with E-state index >= 15 is 0 Å². The van der Waals surface area contributed by atoms with Gasteiger partial charge >= 0.3 is 0 Å². The highest BCUT2D eigenvalue weighted by molar-refractivity contribution is 4.89. The van der Waals surface area contributed by atoms with Crippen LogP contribution in [0.2, 0.25) is 0 Å². The lowest BCUT2D eigenvalue weighted by molar-refractivity contribution is -0.172. The summed E-state index contributed by atoms with van der Waals surface area (Å²) in [5.41, 5.74) is 0. The summed E-state index contributed by atoms with van der Waals surface area (Å²) in [6, 6.07) is 0.833. The van der Waals surface area contributed by atoms with Crippen molar-refractivity contribution in [2.24, 2.45) is 0 Å². The molecule has 2 saturated heterocycles. The molecule has 1 radical (unpaired) electrons. The van der Waals surface area contributed by atoms with Gasteiger partial charge in [0.1, 0.15) is 0 Å².